The van der Waals surface area contributed by atoms with Gasteiger partial charge in [0.1, 0.15) is 12.4 Å². The number of rotatable bonds is 9. The number of nitrogens with one attached hydrogen (secondary N) is 2. The van der Waals surface area contributed by atoms with Crippen molar-refractivity contribution in [3.05, 3.63) is 22.5 Å². The molecule has 1 atom stereocenters. The van der Waals surface area contributed by atoms with Crippen LogP contribution in [0.15, 0.2) is 12.4 Å². The molecule has 114 valence electrons. The molecule has 20 heavy (non-hydrogen) atoms. The van der Waals surface area contributed by atoms with E-state index in [1.165, 1.54) is 10.9 Å². The van der Waals surface area contributed by atoms with E-state index < -0.39 is 21.1 Å². The van der Waals surface area contributed by atoms with Crippen molar-refractivity contribution in [2.45, 2.75) is 12.6 Å². The summed E-state index contributed by atoms with van der Waals surface area (Å²) in [5.41, 5.74) is -0.137. The fourth-order valence-corrected chi connectivity index (χ4v) is 1.89. The molecule has 1 aromatic rings. The minimum absolute atomic E-state index is 0.111. The summed E-state index contributed by atoms with van der Waals surface area (Å²) < 4.78 is 25.1. The number of aliphatic hydroxyl groups excluding tert-OH is 1. The molecule has 0 aliphatic heterocycles. The van der Waals surface area contributed by atoms with E-state index in [0.717, 1.165) is 12.5 Å². The van der Waals surface area contributed by atoms with E-state index in [4.69, 9.17) is 0 Å². The quantitative estimate of drug-likeness (QED) is 0.280. The molecule has 0 amide bonds. The SMILES string of the molecule is CS(=O)(=O)NCCNCC(O)Cn1cc([N+](=O)[O-])cn1. The summed E-state index contributed by atoms with van der Waals surface area (Å²) in [6.45, 7) is 0.918. The standard InChI is InChI=1S/C9H17N5O5S/c1-20(18,19)12-3-2-10-5-9(15)7-13-6-8(4-11-13)14(16)17/h4,6,9-10,12,15H,2-3,5,7H2,1H3. The number of nitro groups is 1. The van der Waals surface area contributed by atoms with Crippen LogP contribution in [0.5, 0.6) is 0 Å². The lowest BCUT2D eigenvalue weighted by Crippen LogP contribution is -2.36. The maximum atomic E-state index is 10.8. The molecule has 0 aliphatic rings. The highest BCUT2D eigenvalue weighted by Gasteiger charge is 2.11. The molecule has 0 aliphatic carbocycles. The van der Waals surface area contributed by atoms with Crippen LogP contribution in [0.25, 0.3) is 0 Å². The predicted octanol–water partition coefficient (Wildman–Crippen LogP) is -1.71. The van der Waals surface area contributed by atoms with E-state index in [2.05, 4.69) is 15.1 Å². The van der Waals surface area contributed by atoms with Crippen LogP contribution in [0.2, 0.25) is 0 Å². The average Bonchev–Trinajstić information content (AvgIpc) is 2.75. The Hall–Kier alpha value is -1.56. The summed E-state index contributed by atoms with van der Waals surface area (Å²) in [6.07, 6.45) is 2.62. The molecule has 0 fully saturated rings. The molecule has 0 bridgehead atoms. The molecule has 11 heteroatoms. The Bertz CT molecular complexity index is 543. The molecule has 1 heterocycles. The summed E-state index contributed by atoms with van der Waals surface area (Å²) in [5, 5.41) is 26.7. The fourth-order valence-electron chi connectivity index (χ4n) is 1.42. The van der Waals surface area contributed by atoms with Gasteiger partial charge in [-0.1, -0.05) is 0 Å². The third-order valence-electron chi connectivity index (χ3n) is 2.27. The smallest absolute Gasteiger partial charge is 0.306 e. The summed E-state index contributed by atoms with van der Waals surface area (Å²) in [6, 6.07) is 0. The Morgan fingerprint density at radius 2 is 2.25 bits per heavy atom. The lowest BCUT2D eigenvalue weighted by Gasteiger charge is -2.11. The van der Waals surface area contributed by atoms with Crippen LogP contribution in [0.1, 0.15) is 0 Å². The molecule has 1 unspecified atom stereocenters. The Morgan fingerprint density at radius 3 is 2.80 bits per heavy atom. The van der Waals surface area contributed by atoms with Crippen molar-refractivity contribution >= 4 is 15.7 Å². The van der Waals surface area contributed by atoms with Crippen molar-refractivity contribution in [2.24, 2.45) is 0 Å². The zero-order valence-corrected chi connectivity index (χ0v) is 11.7. The molecule has 0 radical (unpaired) electrons. The van der Waals surface area contributed by atoms with Gasteiger partial charge < -0.3 is 10.4 Å². The summed E-state index contributed by atoms with van der Waals surface area (Å²) in [4.78, 5) is 9.88. The van der Waals surface area contributed by atoms with Crippen LogP contribution < -0.4 is 10.0 Å². The predicted molar refractivity (Wildman–Crippen MR) is 70.6 cm³/mol. The Balaban J connectivity index is 2.23. The van der Waals surface area contributed by atoms with Gasteiger partial charge in [0.05, 0.1) is 23.8 Å². The van der Waals surface area contributed by atoms with Crippen molar-refractivity contribution < 1.29 is 18.4 Å². The van der Waals surface area contributed by atoms with E-state index in [-0.39, 0.29) is 25.3 Å². The first-order valence-electron chi connectivity index (χ1n) is 5.78. The molecular formula is C9H17N5O5S. The monoisotopic (exact) mass is 307 g/mol. The highest BCUT2D eigenvalue weighted by atomic mass is 32.2. The van der Waals surface area contributed by atoms with Crippen LogP contribution in [0.3, 0.4) is 0 Å². The summed E-state index contributed by atoms with van der Waals surface area (Å²) in [5.74, 6) is 0. The van der Waals surface area contributed by atoms with Crippen molar-refractivity contribution in [1.82, 2.24) is 19.8 Å². The third-order valence-corrected chi connectivity index (χ3v) is 3.00. The van der Waals surface area contributed by atoms with Crippen molar-refractivity contribution in [3.8, 4) is 0 Å². The van der Waals surface area contributed by atoms with Gasteiger partial charge in [0.15, 0.2) is 0 Å². The third kappa shape index (κ3) is 6.56. The van der Waals surface area contributed by atoms with Crippen LogP contribution in [-0.2, 0) is 16.6 Å². The second-order valence-corrected chi connectivity index (χ2v) is 6.04. The number of hydrogen-bond donors (Lipinski definition) is 3. The molecular weight excluding hydrogens is 290 g/mol. The van der Waals surface area contributed by atoms with E-state index >= 15 is 0 Å². The van der Waals surface area contributed by atoms with E-state index in [1.54, 1.807) is 0 Å². The molecule has 3 N–H and O–H groups in total. The molecule has 0 saturated carbocycles. The van der Waals surface area contributed by atoms with Gasteiger partial charge in [-0.25, -0.2) is 13.1 Å². The first kappa shape index (κ1) is 16.5. The van der Waals surface area contributed by atoms with Gasteiger partial charge in [0.25, 0.3) is 0 Å². The van der Waals surface area contributed by atoms with E-state index in [1.807, 2.05) is 0 Å². The summed E-state index contributed by atoms with van der Waals surface area (Å²) >= 11 is 0. The maximum absolute atomic E-state index is 10.8. The Kier molecular flexibility index (Phi) is 6.01. The molecule has 1 aromatic heterocycles. The minimum Gasteiger partial charge on any atom is -0.390 e. The zero-order chi connectivity index (χ0) is 15.2. The highest BCUT2D eigenvalue weighted by Crippen LogP contribution is 2.07. The number of hydrogen-bond acceptors (Lipinski definition) is 7. The van der Waals surface area contributed by atoms with Crippen molar-refractivity contribution in [2.75, 3.05) is 25.9 Å². The van der Waals surface area contributed by atoms with Crippen LogP contribution in [0.4, 0.5) is 5.69 Å². The fraction of sp³-hybridized carbons (Fsp3) is 0.667. The highest BCUT2D eigenvalue weighted by molar-refractivity contribution is 7.88. The van der Waals surface area contributed by atoms with Crippen LogP contribution in [-0.4, -0.2) is 60.2 Å². The number of aromatic nitrogens is 2. The first-order chi connectivity index (χ1) is 9.28. The molecule has 0 saturated heterocycles. The normalized spacial score (nSPS) is 13.3. The van der Waals surface area contributed by atoms with E-state index in [9.17, 15) is 23.6 Å². The number of aliphatic hydroxyl groups is 1. The topological polar surface area (TPSA) is 139 Å². The number of sulfonamides is 1. The maximum Gasteiger partial charge on any atom is 0.306 e. The average molecular weight is 307 g/mol. The van der Waals surface area contributed by atoms with Crippen molar-refractivity contribution in [1.29, 1.82) is 0 Å². The molecule has 0 aromatic carbocycles. The number of nitrogens with zero attached hydrogens (tertiary/aromatic N) is 3. The van der Waals surface area contributed by atoms with Crippen LogP contribution >= 0.6 is 0 Å². The molecule has 10 nitrogen and oxygen atoms in total. The van der Waals surface area contributed by atoms with Gasteiger partial charge in [-0.15, -0.1) is 0 Å². The minimum atomic E-state index is -3.21. The van der Waals surface area contributed by atoms with Gasteiger partial charge in [-0.2, -0.15) is 5.10 Å². The Morgan fingerprint density at radius 1 is 1.55 bits per heavy atom. The van der Waals surface area contributed by atoms with Gasteiger partial charge in [-0.3, -0.25) is 14.8 Å². The van der Waals surface area contributed by atoms with Gasteiger partial charge in [0, 0.05) is 19.6 Å². The van der Waals surface area contributed by atoms with Gasteiger partial charge in [0.2, 0.25) is 10.0 Å². The van der Waals surface area contributed by atoms with E-state index in [0.29, 0.717) is 6.54 Å². The van der Waals surface area contributed by atoms with Crippen molar-refractivity contribution in [3.63, 3.8) is 0 Å². The summed E-state index contributed by atoms with van der Waals surface area (Å²) in [7, 11) is -3.21. The van der Waals surface area contributed by atoms with Crippen LogP contribution in [0, 0.1) is 10.1 Å². The second kappa shape index (κ2) is 7.28. The van der Waals surface area contributed by atoms with Gasteiger partial charge >= 0.3 is 5.69 Å². The largest absolute Gasteiger partial charge is 0.390 e. The molecule has 0 spiro atoms. The lowest BCUT2D eigenvalue weighted by molar-refractivity contribution is -0.385. The molecule has 1 rings (SSSR count). The second-order valence-electron chi connectivity index (χ2n) is 4.20. The lowest BCUT2D eigenvalue weighted by atomic mass is 10.3. The Labute approximate surface area is 116 Å². The zero-order valence-electron chi connectivity index (χ0n) is 10.9. The first-order valence-corrected chi connectivity index (χ1v) is 7.67. The van der Waals surface area contributed by atoms with Gasteiger partial charge in [-0.05, 0) is 0 Å².